The fraction of sp³-hybridized carbons (Fsp3) is 0.407. The zero-order valence-electron chi connectivity index (χ0n) is 19.9. The second-order valence-electron chi connectivity index (χ2n) is 10.1. The number of hydrogen-bond donors (Lipinski definition) is 1. The van der Waals surface area contributed by atoms with Crippen molar-refractivity contribution in [3.05, 3.63) is 59.8 Å². The number of likely N-dealkylation sites (tertiary alicyclic amines) is 1. The molecule has 0 atom stereocenters. The second-order valence-corrected chi connectivity index (χ2v) is 10.1. The summed E-state index contributed by atoms with van der Waals surface area (Å²) in [6.45, 7) is 1.80. The zero-order chi connectivity index (χ0) is 25.1. The summed E-state index contributed by atoms with van der Waals surface area (Å²) < 4.78 is 49.0. The molecule has 1 amide bonds. The van der Waals surface area contributed by atoms with Crippen LogP contribution in [0.4, 0.5) is 18.9 Å². The van der Waals surface area contributed by atoms with Crippen LogP contribution in [-0.2, 0) is 16.4 Å². The Hall–Kier alpha value is -3.33. The van der Waals surface area contributed by atoms with Crippen LogP contribution in [0.25, 0.3) is 16.9 Å². The second kappa shape index (κ2) is 8.37. The van der Waals surface area contributed by atoms with Crippen LogP contribution in [0.2, 0.25) is 0 Å². The van der Waals surface area contributed by atoms with Gasteiger partial charge in [0.1, 0.15) is 11.9 Å². The average Bonchev–Trinajstić information content (AvgIpc) is 3.40. The summed E-state index contributed by atoms with van der Waals surface area (Å²) in [5.41, 5.74) is 1.24. The molecule has 6 nitrogen and oxygen atoms in total. The summed E-state index contributed by atoms with van der Waals surface area (Å²) in [4.78, 5) is 15.3. The Morgan fingerprint density at radius 3 is 2.44 bits per heavy atom. The Morgan fingerprint density at radius 1 is 1.08 bits per heavy atom. The molecule has 6 rings (SSSR count). The highest BCUT2D eigenvalue weighted by Crippen LogP contribution is 2.55. The molecule has 1 saturated heterocycles. The number of ether oxygens (including phenoxy) is 1. The highest BCUT2D eigenvalue weighted by atomic mass is 19.4. The first-order valence-corrected chi connectivity index (χ1v) is 12.3. The molecule has 0 unspecified atom stereocenters. The van der Waals surface area contributed by atoms with E-state index in [9.17, 15) is 18.0 Å². The number of halogens is 3. The molecule has 188 valence electrons. The van der Waals surface area contributed by atoms with E-state index in [1.54, 1.807) is 36.4 Å². The molecule has 36 heavy (non-hydrogen) atoms. The number of carbonyl (C=O) groups excluding carboxylic acids is 1. The number of rotatable bonds is 4. The van der Waals surface area contributed by atoms with Crippen LogP contribution >= 0.6 is 0 Å². The van der Waals surface area contributed by atoms with Crippen molar-refractivity contribution in [3.63, 3.8) is 0 Å². The third-order valence-corrected chi connectivity index (χ3v) is 7.75. The number of amides is 1. The van der Waals surface area contributed by atoms with E-state index >= 15 is 0 Å². The number of nitrogens with zero attached hydrogens (tertiary/aromatic N) is 3. The largest absolute Gasteiger partial charge is 0.488 e. The Morgan fingerprint density at radius 2 is 1.81 bits per heavy atom. The number of piperidine rings is 1. The normalized spacial score (nSPS) is 19.7. The number of fused-ring (bicyclic) bond motifs is 2. The lowest BCUT2D eigenvalue weighted by atomic mass is 9.65. The molecule has 1 spiro atoms. The summed E-state index contributed by atoms with van der Waals surface area (Å²) in [6, 6.07) is 13.4. The van der Waals surface area contributed by atoms with E-state index in [1.807, 2.05) is 6.07 Å². The van der Waals surface area contributed by atoms with Crippen LogP contribution in [-0.4, -0.2) is 46.8 Å². The number of anilines is 1. The highest BCUT2D eigenvalue weighted by Gasteiger charge is 2.52. The van der Waals surface area contributed by atoms with E-state index in [2.05, 4.69) is 22.4 Å². The number of aromatic nitrogens is 2. The van der Waals surface area contributed by atoms with E-state index in [4.69, 9.17) is 4.74 Å². The fourth-order valence-corrected chi connectivity index (χ4v) is 5.52. The maximum Gasteiger partial charge on any atom is 0.435 e. The summed E-state index contributed by atoms with van der Waals surface area (Å²) in [5.74, 6) is 0.463. The highest BCUT2D eigenvalue weighted by molar-refractivity contribution is 6.09. The standard InChI is InChI=1S/C27H27F3N4O2/c1-33-12-8-19(9-13-33)36-22-15-17(14-20-24(22)31-25(35)26(20)10-5-11-26)21-16-23(27(28,29)30)32-34(21)18-6-3-2-4-7-18/h2-4,6-7,14-16,19H,5,8-13H2,1H3,(H,31,35). The molecule has 2 fully saturated rings. The third kappa shape index (κ3) is 3.77. The maximum absolute atomic E-state index is 13.7. The Bertz CT molecular complexity index is 1310. The Kier molecular flexibility index (Phi) is 5.37. The number of para-hydroxylation sites is 1. The minimum atomic E-state index is -4.59. The molecule has 2 aromatic carbocycles. The van der Waals surface area contributed by atoms with Crippen molar-refractivity contribution in [1.29, 1.82) is 0 Å². The molecule has 9 heteroatoms. The molecule has 3 aromatic rings. The van der Waals surface area contributed by atoms with E-state index in [-0.39, 0.29) is 12.0 Å². The van der Waals surface area contributed by atoms with Gasteiger partial charge < -0.3 is 15.0 Å². The van der Waals surface area contributed by atoms with E-state index in [0.717, 1.165) is 44.0 Å². The lowest BCUT2D eigenvalue weighted by Crippen LogP contribution is -2.40. The number of carbonyl (C=O) groups is 1. The summed E-state index contributed by atoms with van der Waals surface area (Å²) >= 11 is 0. The number of benzene rings is 2. The van der Waals surface area contributed by atoms with Gasteiger partial charge in [-0.25, -0.2) is 4.68 Å². The number of alkyl halides is 3. The number of hydrogen-bond acceptors (Lipinski definition) is 4. The predicted molar refractivity (Wildman–Crippen MR) is 129 cm³/mol. The van der Waals surface area contributed by atoms with E-state index < -0.39 is 17.3 Å². The minimum Gasteiger partial charge on any atom is -0.488 e. The molecule has 1 aromatic heterocycles. The van der Waals surface area contributed by atoms with Gasteiger partial charge >= 0.3 is 6.18 Å². The molecule has 3 aliphatic rings. The first kappa shape index (κ1) is 23.1. The SMILES string of the molecule is CN1CCC(Oc2cc(-c3cc(C(F)(F)F)nn3-c3ccccc3)cc3c2NC(=O)C32CCC2)CC1. The monoisotopic (exact) mass is 496 g/mol. The van der Waals surface area contributed by atoms with Crippen molar-refractivity contribution in [2.45, 2.75) is 49.8 Å². The lowest BCUT2D eigenvalue weighted by Gasteiger charge is -2.36. The Balaban J connectivity index is 1.50. The summed E-state index contributed by atoms with van der Waals surface area (Å²) in [6.07, 6.45) is -0.568. The van der Waals surface area contributed by atoms with Crippen molar-refractivity contribution in [2.24, 2.45) is 0 Å². The van der Waals surface area contributed by atoms with Gasteiger partial charge in [-0.1, -0.05) is 24.6 Å². The van der Waals surface area contributed by atoms with Gasteiger partial charge in [0.15, 0.2) is 5.69 Å². The van der Waals surface area contributed by atoms with Gasteiger partial charge in [0.05, 0.1) is 22.5 Å². The van der Waals surface area contributed by atoms with Crippen molar-refractivity contribution in [1.82, 2.24) is 14.7 Å². The maximum atomic E-state index is 13.7. The van der Waals surface area contributed by atoms with Gasteiger partial charge in [0.25, 0.3) is 0 Å². The van der Waals surface area contributed by atoms with Crippen LogP contribution < -0.4 is 10.1 Å². The van der Waals surface area contributed by atoms with Gasteiger partial charge in [0, 0.05) is 18.7 Å². The first-order valence-electron chi connectivity index (χ1n) is 12.3. The quantitative estimate of drug-likeness (QED) is 0.525. The molecule has 0 bridgehead atoms. The van der Waals surface area contributed by atoms with Crippen LogP contribution in [0.5, 0.6) is 5.75 Å². The van der Waals surface area contributed by atoms with Crippen molar-refractivity contribution in [3.8, 4) is 22.7 Å². The Labute approximate surface area is 207 Å². The summed E-state index contributed by atoms with van der Waals surface area (Å²) in [5, 5.41) is 6.96. The van der Waals surface area contributed by atoms with E-state index in [1.165, 1.54) is 4.68 Å². The first-order chi connectivity index (χ1) is 17.2. The van der Waals surface area contributed by atoms with Crippen molar-refractivity contribution >= 4 is 11.6 Å². The van der Waals surface area contributed by atoms with Crippen LogP contribution in [0.3, 0.4) is 0 Å². The summed E-state index contributed by atoms with van der Waals surface area (Å²) in [7, 11) is 2.07. The van der Waals surface area contributed by atoms with Gasteiger partial charge in [-0.3, -0.25) is 4.79 Å². The molecule has 2 aliphatic heterocycles. The topological polar surface area (TPSA) is 59.4 Å². The molecule has 0 radical (unpaired) electrons. The van der Waals surface area contributed by atoms with Gasteiger partial charge in [-0.2, -0.15) is 18.3 Å². The third-order valence-electron chi connectivity index (χ3n) is 7.75. The molecule has 1 aliphatic carbocycles. The fourth-order valence-electron chi connectivity index (χ4n) is 5.52. The predicted octanol–water partition coefficient (Wildman–Crippen LogP) is 5.40. The molecule has 1 saturated carbocycles. The van der Waals surface area contributed by atoms with Crippen LogP contribution in [0.1, 0.15) is 43.4 Å². The van der Waals surface area contributed by atoms with Crippen molar-refractivity contribution in [2.75, 3.05) is 25.5 Å². The average molecular weight is 497 g/mol. The number of nitrogens with one attached hydrogen (secondary N) is 1. The molecule has 1 N–H and O–H groups in total. The molecular formula is C27H27F3N4O2. The van der Waals surface area contributed by atoms with Crippen LogP contribution in [0, 0.1) is 0 Å². The van der Waals surface area contributed by atoms with Gasteiger partial charge in [-0.05, 0) is 68.6 Å². The molecular weight excluding hydrogens is 469 g/mol. The van der Waals surface area contributed by atoms with Gasteiger partial charge in [0.2, 0.25) is 5.91 Å². The zero-order valence-corrected chi connectivity index (χ0v) is 19.9. The van der Waals surface area contributed by atoms with Gasteiger partial charge in [-0.15, -0.1) is 0 Å². The van der Waals surface area contributed by atoms with E-state index in [0.29, 0.717) is 41.2 Å². The van der Waals surface area contributed by atoms with Crippen molar-refractivity contribution < 1.29 is 22.7 Å². The lowest BCUT2D eigenvalue weighted by molar-refractivity contribution is -0.141. The smallest absolute Gasteiger partial charge is 0.435 e. The van der Waals surface area contributed by atoms with Crippen LogP contribution in [0.15, 0.2) is 48.5 Å². The molecule has 3 heterocycles. The minimum absolute atomic E-state index is 0.0276.